The van der Waals surface area contributed by atoms with Crippen LogP contribution < -0.4 is 0 Å². The fraction of sp³-hybridized carbons (Fsp3) is 0.102. The first kappa shape index (κ1) is 28.3. The van der Waals surface area contributed by atoms with Crippen molar-refractivity contribution >= 4 is 21.5 Å². The Kier molecular flexibility index (Phi) is 5.86. The van der Waals surface area contributed by atoms with Gasteiger partial charge < -0.3 is 0 Å². The van der Waals surface area contributed by atoms with E-state index in [2.05, 4.69) is 185 Å². The molecule has 0 heterocycles. The van der Waals surface area contributed by atoms with E-state index in [-0.39, 0.29) is 0 Å². The predicted molar refractivity (Wildman–Crippen MR) is 206 cm³/mol. The van der Waals surface area contributed by atoms with Crippen molar-refractivity contribution in [1.29, 1.82) is 0 Å². The highest BCUT2D eigenvalue weighted by Crippen LogP contribution is 2.63. The van der Waals surface area contributed by atoms with Crippen LogP contribution in [0.3, 0.4) is 0 Å². The fourth-order valence-electron chi connectivity index (χ4n) is 9.75. The van der Waals surface area contributed by atoms with Crippen LogP contribution in [0.25, 0.3) is 43.8 Å². The van der Waals surface area contributed by atoms with E-state index < -0.39 is 10.8 Å². The van der Waals surface area contributed by atoms with Crippen molar-refractivity contribution in [2.24, 2.45) is 0 Å². The molecule has 0 N–H and O–H groups in total. The highest BCUT2D eigenvalue weighted by molar-refractivity contribution is 6.19. The van der Waals surface area contributed by atoms with Crippen LogP contribution >= 0.6 is 0 Å². The summed E-state index contributed by atoms with van der Waals surface area (Å²) in [6.07, 6.45) is 0. The maximum atomic E-state index is 2.51. The number of rotatable bonds is 3. The lowest BCUT2D eigenvalue weighted by Gasteiger charge is -2.36. The lowest BCUT2D eigenvalue weighted by molar-refractivity contribution is 0.715. The molecule has 49 heavy (non-hydrogen) atoms. The van der Waals surface area contributed by atoms with Crippen LogP contribution in [0.15, 0.2) is 164 Å². The maximum Gasteiger partial charge on any atom is 0.0713 e. The number of benzene rings is 8. The lowest BCUT2D eigenvalue weighted by atomic mass is 9.66. The van der Waals surface area contributed by atoms with Crippen LogP contribution in [0.1, 0.15) is 57.0 Å². The van der Waals surface area contributed by atoms with E-state index in [1.165, 1.54) is 93.9 Å². The Morgan fingerprint density at radius 3 is 1.57 bits per heavy atom. The Balaban J connectivity index is 1.42. The van der Waals surface area contributed by atoms with Crippen molar-refractivity contribution in [1.82, 2.24) is 0 Å². The van der Waals surface area contributed by atoms with E-state index in [1.54, 1.807) is 0 Å². The summed E-state index contributed by atoms with van der Waals surface area (Å²) < 4.78 is 0. The van der Waals surface area contributed by atoms with E-state index in [4.69, 9.17) is 0 Å². The molecule has 0 saturated heterocycles. The molecule has 0 radical (unpaired) electrons. The number of fused-ring (bicyclic) bond motifs is 11. The van der Waals surface area contributed by atoms with Crippen LogP contribution in [0.4, 0.5) is 0 Å². The Morgan fingerprint density at radius 1 is 0.367 bits per heavy atom. The van der Waals surface area contributed by atoms with Crippen molar-refractivity contribution in [2.75, 3.05) is 0 Å². The molecule has 10 rings (SSSR count). The van der Waals surface area contributed by atoms with Gasteiger partial charge in [-0.2, -0.15) is 0 Å². The molecule has 8 aromatic rings. The summed E-state index contributed by atoms with van der Waals surface area (Å²) >= 11 is 0. The second-order valence-corrected chi connectivity index (χ2v) is 14.3. The maximum absolute atomic E-state index is 2.51. The third-order valence-corrected chi connectivity index (χ3v) is 11.7. The second kappa shape index (κ2) is 10.1. The van der Waals surface area contributed by atoms with Gasteiger partial charge in [0.2, 0.25) is 0 Å². The summed E-state index contributed by atoms with van der Waals surface area (Å²) in [5.41, 5.74) is 16.7. The van der Waals surface area contributed by atoms with Crippen molar-refractivity contribution in [3.63, 3.8) is 0 Å². The smallest absolute Gasteiger partial charge is 0.0622 e. The van der Waals surface area contributed by atoms with E-state index in [0.29, 0.717) is 0 Å². The van der Waals surface area contributed by atoms with Crippen LogP contribution in [0.5, 0.6) is 0 Å². The monoisotopic (exact) mass is 624 g/mol. The van der Waals surface area contributed by atoms with Crippen LogP contribution in [0.2, 0.25) is 0 Å². The summed E-state index contributed by atoms with van der Waals surface area (Å²) in [7, 11) is 0. The zero-order chi connectivity index (χ0) is 32.9. The molecule has 2 aliphatic rings. The molecule has 0 nitrogen and oxygen atoms in total. The quantitative estimate of drug-likeness (QED) is 0.172. The van der Waals surface area contributed by atoms with Crippen LogP contribution in [-0.2, 0) is 10.8 Å². The molecule has 0 bridgehead atoms. The fourth-order valence-corrected chi connectivity index (χ4v) is 9.75. The van der Waals surface area contributed by atoms with Crippen molar-refractivity contribution in [3.8, 4) is 22.3 Å². The van der Waals surface area contributed by atoms with Gasteiger partial charge in [0.1, 0.15) is 0 Å². The predicted octanol–water partition coefficient (Wildman–Crippen LogP) is 12.3. The standard InChI is InChI=1S/C49H36/c1-31-26-27-40-42(28-31)48(3,47-38-23-13-11-21-36(38)35-20-10-12-22-37(35)45(40)47)43-29-32(2)30-44-46(43)39-24-14-15-25-41(39)49(44,33-16-6-4-7-17-33)34-18-8-5-9-19-34/h4-30H,1-3H3. The third kappa shape index (κ3) is 3.59. The van der Waals surface area contributed by atoms with Crippen LogP contribution in [0, 0.1) is 13.8 Å². The minimum Gasteiger partial charge on any atom is -0.0622 e. The SMILES string of the molecule is Cc1ccc2c(c1)C(C)(c1cc(C)cc3c1-c1ccccc1C3(c1ccccc1)c1ccccc1)c1c-2c2ccccc2c2ccccc12. The van der Waals surface area contributed by atoms with Gasteiger partial charge in [0.15, 0.2) is 0 Å². The molecule has 8 aromatic carbocycles. The molecule has 2 aliphatic carbocycles. The average molecular weight is 625 g/mol. The molecule has 0 spiro atoms. The minimum atomic E-state index is -0.450. The Morgan fingerprint density at radius 2 is 0.878 bits per heavy atom. The van der Waals surface area contributed by atoms with Crippen molar-refractivity contribution in [2.45, 2.75) is 31.6 Å². The molecule has 1 atom stereocenters. The topological polar surface area (TPSA) is 0 Å². The van der Waals surface area contributed by atoms with Gasteiger partial charge in [-0.05, 0) is 104 Å². The molecule has 0 fully saturated rings. The summed E-state index contributed by atoms with van der Waals surface area (Å²) in [4.78, 5) is 0. The largest absolute Gasteiger partial charge is 0.0713 e. The van der Waals surface area contributed by atoms with Gasteiger partial charge in [-0.25, -0.2) is 0 Å². The summed E-state index contributed by atoms with van der Waals surface area (Å²) in [5.74, 6) is 0. The first-order valence-electron chi connectivity index (χ1n) is 17.4. The Labute approximate surface area is 288 Å². The van der Waals surface area contributed by atoms with Gasteiger partial charge >= 0.3 is 0 Å². The van der Waals surface area contributed by atoms with E-state index in [9.17, 15) is 0 Å². The molecular formula is C49H36. The molecule has 0 aliphatic heterocycles. The summed E-state index contributed by atoms with van der Waals surface area (Å²) in [5, 5.41) is 5.31. The number of hydrogen-bond donors (Lipinski definition) is 0. The second-order valence-electron chi connectivity index (χ2n) is 14.3. The zero-order valence-corrected chi connectivity index (χ0v) is 28.1. The molecular weight excluding hydrogens is 589 g/mol. The first-order chi connectivity index (χ1) is 24.0. The lowest BCUT2D eigenvalue weighted by Crippen LogP contribution is -2.29. The minimum absolute atomic E-state index is 0.410. The Hall–Kier alpha value is -5.72. The highest BCUT2D eigenvalue weighted by atomic mass is 14.5. The number of aryl methyl sites for hydroxylation is 2. The highest BCUT2D eigenvalue weighted by Gasteiger charge is 2.51. The van der Waals surface area contributed by atoms with E-state index >= 15 is 0 Å². The first-order valence-corrected chi connectivity index (χ1v) is 17.4. The van der Waals surface area contributed by atoms with Crippen LogP contribution in [-0.4, -0.2) is 0 Å². The average Bonchev–Trinajstić information content (AvgIpc) is 3.59. The molecule has 0 saturated carbocycles. The molecule has 0 amide bonds. The summed E-state index contributed by atoms with van der Waals surface area (Å²) in [6.45, 7) is 7.05. The zero-order valence-electron chi connectivity index (χ0n) is 28.1. The van der Waals surface area contributed by atoms with E-state index in [1.807, 2.05) is 0 Å². The van der Waals surface area contributed by atoms with Gasteiger partial charge in [-0.3, -0.25) is 0 Å². The number of hydrogen-bond acceptors (Lipinski definition) is 0. The van der Waals surface area contributed by atoms with Crippen molar-refractivity contribution < 1.29 is 0 Å². The van der Waals surface area contributed by atoms with E-state index in [0.717, 1.165) is 0 Å². The van der Waals surface area contributed by atoms with Gasteiger partial charge in [-0.1, -0.05) is 175 Å². The van der Waals surface area contributed by atoms with Gasteiger partial charge in [0, 0.05) is 5.41 Å². The van der Waals surface area contributed by atoms with Gasteiger partial charge in [-0.15, -0.1) is 0 Å². The molecule has 1 unspecified atom stereocenters. The van der Waals surface area contributed by atoms with Crippen molar-refractivity contribution in [3.05, 3.63) is 214 Å². The van der Waals surface area contributed by atoms with Gasteiger partial charge in [0.25, 0.3) is 0 Å². The Bertz CT molecular complexity index is 2590. The third-order valence-electron chi connectivity index (χ3n) is 11.7. The molecule has 0 heteroatoms. The summed E-state index contributed by atoms with van der Waals surface area (Å²) in [6, 6.07) is 61.8. The van der Waals surface area contributed by atoms with Gasteiger partial charge in [0.05, 0.1) is 5.41 Å². The molecule has 232 valence electrons. The molecule has 0 aromatic heterocycles. The normalized spacial score (nSPS) is 16.7.